The Morgan fingerprint density at radius 1 is 1.05 bits per heavy atom. The smallest absolute Gasteiger partial charge is 0.108 e. The van der Waals surface area contributed by atoms with Gasteiger partial charge < -0.3 is 5.11 Å². The Kier molecular flexibility index (Phi) is 5.03. The first kappa shape index (κ1) is 15.5. The first-order valence-corrected chi connectivity index (χ1v) is 9.18. The maximum absolute atomic E-state index is 14.6. The van der Waals surface area contributed by atoms with E-state index in [2.05, 4.69) is 6.08 Å². The van der Waals surface area contributed by atoms with Gasteiger partial charge in [0.05, 0.1) is 6.10 Å². The van der Waals surface area contributed by atoms with E-state index in [0.717, 1.165) is 18.8 Å². The molecule has 0 heterocycles. The quantitative estimate of drug-likeness (QED) is 0.707. The molecule has 4 unspecified atom stereocenters. The normalized spacial score (nSPS) is 45.2. The molecule has 0 amide bonds. The highest BCUT2D eigenvalue weighted by Gasteiger charge is 2.41. The Balaban J connectivity index is 1.54. The molecule has 0 radical (unpaired) electrons. The van der Waals surface area contributed by atoms with Crippen LogP contribution in [0.3, 0.4) is 0 Å². The molecule has 1 nitrogen and oxygen atoms in total. The van der Waals surface area contributed by atoms with E-state index in [9.17, 15) is 9.50 Å². The van der Waals surface area contributed by atoms with Crippen LogP contribution < -0.4 is 0 Å². The third-order valence-corrected chi connectivity index (χ3v) is 6.54. The Hall–Kier alpha value is -0.370. The Labute approximate surface area is 129 Å². The van der Waals surface area contributed by atoms with Crippen LogP contribution in [-0.2, 0) is 0 Å². The zero-order chi connectivity index (χ0) is 14.8. The summed E-state index contributed by atoms with van der Waals surface area (Å²) in [6, 6.07) is 0. The predicted octanol–water partition coefficient (Wildman–Crippen LogP) is 5.04. The van der Waals surface area contributed by atoms with E-state index in [1.165, 1.54) is 51.4 Å². The molecule has 0 aliphatic heterocycles. The number of hydrogen-bond acceptors (Lipinski definition) is 1. The average molecular weight is 294 g/mol. The Bertz CT molecular complexity index is 370. The highest BCUT2D eigenvalue weighted by atomic mass is 19.1. The highest BCUT2D eigenvalue weighted by molar-refractivity contribution is 5.10. The molecule has 0 aromatic carbocycles. The summed E-state index contributed by atoms with van der Waals surface area (Å²) in [4.78, 5) is 0. The van der Waals surface area contributed by atoms with Crippen molar-refractivity contribution in [1.82, 2.24) is 0 Å². The molecule has 0 spiro atoms. The van der Waals surface area contributed by atoms with E-state index in [0.29, 0.717) is 5.92 Å². The van der Waals surface area contributed by atoms with Crippen molar-refractivity contribution in [1.29, 1.82) is 0 Å². The number of rotatable bonds is 2. The fourth-order valence-electron chi connectivity index (χ4n) is 5.04. The van der Waals surface area contributed by atoms with Crippen LogP contribution in [0.4, 0.5) is 4.39 Å². The second-order valence-electron chi connectivity index (χ2n) is 7.75. The van der Waals surface area contributed by atoms with E-state index < -0.39 is 12.3 Å². The molecule has 3 aliphatic carbocycles. The molecule has 3 rings (SSSR count). The summed E-state index contributed by atoms with van der Waals surface area (Å²) in [6.07, 6.45) is 13.3. The minimum Gasteiger partial charge on any atom is -0.393 e. The molecule has 0 saturated heterocycles. The summed E-state index contributed by atoms with van der Waals surface area (Å²) in [5.74, 6) is 1.41. The first-order valence-electron chi connectivity index (χ1n) is 9.18. The largest absolute Gasteiger partial charge is 0.393 e. The molecular formula is C19H31FO. The van der Waals surface area contributed by atoms with Crippen molar-refractivity contribution < 1.29 is 9.50 Å². The molecule has 21 heavy (non-hydrogen) atoms. The van der Waals surface area contributed by atoms with E-state index >= 15 is 0 Å². The van der Waals surface area contributed by atoms with Crippen molar-refractivity contribution in [2.45, 2.75) is 83.4 Å². The Morgan fingerprint density at radius 2 is 1.81 bits per heavy atom. The fraction of sp³-hybridized carbons (Fsp3) is 0.895. The SMILES string of the molecule is CC1C(O)CCC(C2CCC(C3=CCCCC3)CC2)C1F. The highest BCUT2D eigenvalue weighted by Crippen LogP contribution is 2.45. The fourth-order valence-corrected chi connectivity index (χ4v) is 5.04. The predicted molar refractivity (Wildman–Crippen MR) is 84.8 cm³/mol. The number of hydrogen-bond donors (Lipinski definition) is 1. The van der Waals surface area contributed by atoms with Gasteiger partial charge in [0.25, 0.3) is 0 Å². The van der Waals surface area contributed by atoms with Crippen molar-refractivity contribution in [2.75, 3.05) is 0 Å². The lowest BCUT2D eigenvalue weighted by atomic mass is 9.66. The van der Waals surface area contributed by atoms with Gasteiger partial charge in [-0.3, -0.25) is 0 Å². The van der Waals surface area contributed by atoms with Gasteiger partial charge in [-0.05, 0) is 82.0 Å². The zero-order valence-electron chi connectivity index (χ0n) is 13.4. The summed E-state index contributed by atoms with van der Waals surface area (Å²) in [5, 5.41) is 9.83. The van der Waals surface area contributed by atoms with Crippen LogP contribution >= 0.6 is 0 Å². The van der Waals surface area contributed by atoms with Gasteiger partial charge in [0, 0.05) is 5.92 Å². The number of halogens is 1. The van der Waals surface area contributed by atoms with Crippen molar-refractivity contribution in [2.24, 2.45) is 23.7 Å². The molecule has 2 saturated carbocycles. The topological polar surface area (TPSA) is 20.2 Å². The van der Waals surface area contributed by atoms with E-state index in [-0.39, 0.29) is 11.8 Å². The standard InChI is InChI=1S/C19H31FO/c1-13-18(21)12-11-17(19(13)20)16-9-7-15(8-10-16)14-5-3-2-4-6-14/h5,13,15-19,21H,2-4,6-12H2,1H3. The summed E-state index contributed by atoms with van der Waals surface area (Å²) >= 11 is 0. The molecule has 2 heteroatoms. The second kappa shape index (κ2) is 6.81. The number of aliphatic hydroxyl groups is 1. The van der Waals surface area contributed by atoms with Gasteiger partial charge in [0.15, 0.2) is 0 Å². The van der Waals surface area contributed by atoms with Crippen molar-refractivity contribution in [3.05, 3.63) is 11.6 Å². The lowest BCUT2D eigenvalue weighted by Gasteiger charge is -2.42. The molecule has 2 fully saturated rings. The Morgan fingerprint density at radius 3 is 2.48 bits per heavy atom. The van der Waals surface area contributed by atoms with Gasteiger partial charge in [0.1, 0.15) is 6.17 Å². The molecule has 4 atom stereocenters. The van der Waals surface area contributed by atoms with Crippen LogP contribution in [0.25, 0.3) is 0 Å². The number of aliphatic hydroxyl groups excluding tert-OH is 1. The molecule has 120 valence electrons. The van der Waals surface area contributed by atoms with E-state index in [1.807, 2.05) is 6.92 Å². The van der Waals surface area contributed by atoms with Gasteiger partial charge in [-0.25, -0.2) is 4.39 Å². The van der Waals surface area contributed by atoms with Crippen LogP contribution in [0.2, 0.25) is 0 Å². The molecule has 0 bridgehead atoms. The van der Waals surface area contributed by atoms with Crippen LogP contribution in [0.5, 0.6) is 0 Å². The van der Waals surface area contributed by atoms with Crippen molar-refractivity contribution in [3.8, 4) is 0 Å². The molecule has 1 N–H and O–H groups in total. The van der Waals surface area contributed by atoms with Crippen LogP contribution in [0.15, 0.2) is 11.6 Å². The molecule has 0 aromatic heterocycles. The van der Waals surface area contributed by atoms with Crippen LogP contribution in [0, 0.1) is 23.7 Å². The maximum atomic E-state index is 14.6. The lowest BCUT2D eigenvalue weighted by Crippen LogP contribution is -2.41. The minimum atomic E-state index is -0.788. The monoisotopic (exact) mass is 294 g/mol. The average Bonchev–Trinajstić information content (AvgIpc) is 2.54. The summed E-state index contributed by atoms with van der Waals surface area (Å²) in [5.41, 5.74) is 1.71. The van der Waals surface area contributed by atoms with E-state index in [4.69, 9.17) is 0 Å². The minimum absolute atomic E-state index is 0.164. The summed E-state index contributed by atoms with van der Waals surface area (Å²) < 4.78 is 14.6. The second-order valence-corrected chi connectivity index (χ2v) is 7.75. The molecule has 3 aliphatic rings. The van der Waals surface area contributed by atoms with Gasteiger partial charge >= 0.3 is 0 Å². The molecular weight excluding hydrogens is 263 g/mol. The zero-order valence-corrected chi connectivity index (χ0v) is 13.4. The van der Waals surface area contributed by atoms with Crippen molar-refractivity contribution in [3.63, 3.8) is 0 Å². The summed E-state index contributed by atoms with van der Waals surface area (Å²) in [7, 11) is 0. The van der Waals surface area contributed by atoms with Gasteiger partial charge in [-0.2, -0.15) is 0 Å². The van der Waals surface area contributed by atoms with Gasteiger partial charge in [0.2, 0.25) is 0 Å². The van der Waals surface area contributed by atoms with Gasteiger partial charge in [-0.1, -0.05) is 18.6 Å². The van der Waals surface area contributed by atoms with Crippen LogP contribution in [-0.4, -0.2) is 17.4 Å². The molecule has 0 aromatic rings. The third-order valence-electron chi connectivity index (χ3n) is 6.54. The maximum Gasteiger partial charge on any atom is 0.108 e. The van der Waals surface area contributed by atoms with Crippen LogP contribution in [0.1, 0.15) is 71.1 Å². The lowest BCUT2D eigenvalue weighted by molar-refractivity contribution is -0.0313. The number of alkyl halides is 1. The van der Waals surface area contributed by atoms with Gasteiger partial charge in [-0.15, -0.1) is 0 Å². The van der Waals surface area contributed by atoms with Crippen molar-refractivity contribution >= 4 is 0 Å². The first-order chi connectivity index (χ1) is 10.2. The number of allylic oxidation sites excluding steroid dienone is 2. The summed E-state index contributed by atoms with van der Waals surface area (Å²) in [6.45, 7) is 1.89. The third kappa shape index (κ3) is 3.36. The van der Waals surface area contributed by atoms with E-state index in [1.54, 1.807) is 5.57 Å².